The molecule has 0 bridgehead atoms. The van der Waals surface area contributed by atoms with Crippen LogP contribution in [0.25, 0.3) is 0 Å². The Labute approximate surface area is 93.9 Å². The van der Waals surface area contributed by atoms with Gasteiger partial charge < -0.3 is 5.32 Å². The Kier molecular flexibility index (Phi) is 6.40. The van der Waals surface area contributed by atoms with Crippen molar-refractivity contribution in [2.45, 2.75) is 34.1 Å². The summed E-state index contributed by atoms with van der Waals surface area (Å²) in [5.74, 6) is 0.211. The van der Waals surface area contributed by atoms with Crippen molar-refractivity contribution in [3.8, 4) is 0 Å². The largest absolute Gasteiger partial charge is 0.316 e. The Morgan fingerprint density at radius 2 is 1.73 bits per heavy atom. The molecular weight excluding hydrogens is 212 g/mol. The van der Waals surface area contributed by atoms with E-state index in [1.54, 1.807) is 0 Å². The molecule has 5 heteroatoms. The summed E-state index contributed by atoms with van der Waals surface area (Å²) in [4.78, 5) is 0. The Bertz CT molecular complexity index is 255. The van der Waals surface area contributed by atoms with Crippen LogP contribution in [0.2, 0.25) is 0 Å². The SMILES string of the molecule is CCNCCNS(=O)(=O)CCC(C)(C)C. The van der Waals surface area contributed by atoms with Gasteiger partial charge in [-0.3, -0.25) is 0 Å². The lowest BCUT2D eigenvalue weighted by molar-refractivity contribution is 0.396. The van der Waals surface area contributed by atoms with Gasteiger partial charge in [0.05, 0.1) is 5.75 Å². The molecule has 0 aromatic rings. The Hall–Kier alpha value is -0.130. The van der Waals surface area contributed by atoms with E-state index < -0.39 is 10.0 Å². The smallest absolute Gasteiger partial charge is 0.211 e. The van der Waals surface area contributed by atoms with Gasteiger partial charge in [-0.25, -0.2) is 13.1 Å². The summed E-state index contributed by atoms with van der Waals surface area (Å²) in [5, 5.41) is 3.07. The van der Waals surface area contributed by atoms with E-state index in [1.807, 2.05) is 27.7 Å². The quantitative estimate of drug-likeness (QED) is 0.647. The van der Waals surface area contributed by atoms with Crippen molar-refractivity contribution in [1.82, 2.24) is 10.0 Å². The van der Waals surface area contributed by atoms with Crippen LogP contribution in [0.3, 0.4) is 0 Å². The maximum Gasteiger partial charge on any atom is 0.211 e. The molecule has 0 saturated heterocycles. The Morgan fingerprint density at radius 1 is 1.13 bits per heavy atom. The summed E-state index contributed by atoms with van der Waals surface area (Å²) < 4.78 is 25.6. The van der Waals surface area contributed by atoms with Gasteiger partial charge in [-0.15, -0.1) is 0 Å². The second-order valence-electron chi connectivity index (χ2n) is 4.88. The van der Waals surface area contributed by atoms with Gasteiger partial charge in [-0.1, -0.05) is 27.7 Å². The van der Waals surface area contributed by atoms with E-state index >= 15 is 0 Å². The van der Waals surface area contributed by atoms with Crippen LogP contribution < -0.4 is 10.0 Å². The summed E-state index contributed by atoms with van der Waals surface area (Å²) in [7, 11) is -3.09. The van der Waals surface area contributed by atoms with Crippen LogP contribution in [0.1, 0.15) is 34.1 Å². The van der Waals surface area contributed by atoms with Gasteiger partial charge in [-0.05, 0) is 18.4 Å². The van der Waals surface area contributed by atoms with E-state index in [9.17, 15) is 8.42 Å². The molecule has 0 aromatic heterocycles. The maximum atomic E-state index is 11.5. The summed E-state index contributed by atoms with van der Waals surface area (Å²) in [5.41, 5.74) is 0.0659. The van der Waals surface area contributed by atoms with Crippen molar-refractivity contribution in [3.63, 3.8) is 0 Å². The molecule has 0 saturated carbocycles. The molecule has 0 spiro atoms. The van der Waals surface area contributed by atoms with Crippen LogP contribution in [0.4, 0.5) is 0 Å². The van der Waals surface area contributed by atoms with Gasteiger partial charge >= 0.3 is 0 Å². The summed E-state index contributed by atoms with van der Waals surface area (Å²) in [6.45, 7) is 10.1. The van der Waals surface area contributed by atoms with Crippen LogP contribution >= 0.6 is 0 Å². The Morgan fingerprint density at radius 3 is 2.20 bits per heavy atom. The standard InChI is InChI=1S/C10H24N2O2S/c1-5-11-7-8-12-15(13,14)9-6-10(2,3)4/h11-12H,5-9H2,1-4H3. The first-order valence-corrected chi connectivity index (χ1v) is 7.10. The van der Waals surface area contributed by atoms with Crippen molar-refractivity contribution >= 4 is 10.0 Å². The molecule has 92 valence electrons. The third-order valence-corrected chi connectivity index (χ3v) is 3.38. The summed E-state index contributed by atoms with van der Waals surface area (Å²) in [6, 6.07) is 0. The minimum absolute atomic E-state index is 0.0659. The topological polar surface area (TPSA) is 58.2 Å². The number of likely N-dealkylation sites (N-methyl/N-ethyl adjacent to an activating group) is 1. The van der Waals surface area contributed by atoms with E-state index in [-0.39, 0.29) is 11.2 Å². The number of rotatable bonds is 7. The minimum Gasteiger partial charge on any atom is -0.316 e. The molecule has 0 rings (SSSR count). The van der Waals surface area contributed by atoms with Gasteiger partial charge in [0, 0.05) is 13.1 Å². The highest BCUT2D eigenvalue weighted by Gasteiger charge is 2.16. The monoisotopic (exact) mass is 236 g/mol. The first kappa shape index (κ1) is 14.9. The molecule has 0 heterocycles. The van der Waals surface area contributed by atoms with Crippen LogP contribution in [-0.4, -0.2) is 33.8 Å². The predicted molar refractivity (Wildman–Crippen MR) is 64.4 cm³/mol. The van der Waals surface area contributed by atoms with Gasteiger partial charge in [0.15, 0.2) is 0 Å². The molecule has 0 aliphatic heterocycles. The zero-order valence-electron chi connectivity index (χ0n) is 10.3. The van der Waals surface area contributed by atoms with Crippen molar-refractivity contribution in [3.05, 3.63) is 0 Å². The zero-order valence-corrected chi connectivity index (χ0v) is 11.1. The molecule has 0 amide bonds. The van der Waals surface area contributed by atoms with Gasteiger partial charge in [0.1, 0.15) is 0 Å². The molecule has 0 aromatic carbocycles. The highest BCUT2D eigenvalue weighted by Crippen LogP contribution is 2.18. The Balaban J connectivity index is 3.78. The van der Waals surface area contributed by atoms with Crippen LogP contribution in [0, 0.1) is 5.41 Å². The fourth-order valence-corrected chi connectivity index (χ4v) is 2.42. The van der Waals surface area contributed by atoms with E-state index in [1.165, 1.54) is 0 Å². The number of hydrogen-bond acceptors (Lipinski definition) is 3. The molecule has 0 aliphatic carbocycles. The van der Waals surface area contributed by atoms with Gasteiger partial charge in [0.2, 0.25) is 10.0 Å². The fraction of sp³-hybridized carbons (Fsp3) is 1.00. The highest BCUT2D eigenvalue weighted by molar-refractivity contribution is 7.89. The summed E-state index contributed by atoms with van der Waals surface area (Å²) in [6.07, 6.45) is 0.684. The number of nitrogens with one attached hydrogen (secondary N) is 2. The molecule has 0 fully saturated rings. The summed E-state index contributed by atoms with van der Waals surface area (Å²) >= 11 is 0. The third kappa shape index (κ3) is 10.2. The van der Waals surface area contributed by atoms with Crippen molar-refractivity contribution in [2.24, 2.45) is 5.41 Å². The second kappa shape index (κ2) is 6.45. The number of sulfonamides is 1. The van der Waals surface area contributed by atoms with Crippen molar-refractivity contribution in [1.29, 1.82) is 0 Å². The predicted octanol–water partition coefficient (Wildman–Crippen LogP) is 0.952. The van der Waals surface area contributed by atoms with E-state index in [2.05, 4.69) is 10.0 Å². The van der Waals surface area contributed by atoms with Crippen molar-refractivity contribution in [2.75, 3.05) is 25.4 Å². The lowest BCUT2D eigenvalue weighted by atomic mass is 9.94. The molecular formula is C10H24N2O2S. The van der Waals surface area contributed by atoms with Gasteiger partial charge in [0.25, 0.3) is 0 Å². The molecule has 0 radical (unpaired) electrons. The lowest BCUT2D eigenvalue weighted by Gasteiger charge is -2.17. The first-order chi connectivity index (χ1) is 6.77. The maximum absolute atomic E-state index is 11.5. The first-order valence-electron chi connectivity index (χ1n) is 5.45. The van der Waals surface area contributed by atoms with Crippen molar-refractivity contribution < 1.29 is 8.42 Å². The van der Waals surface area contributed by atoms with E-state index in [4.69, 9.17) is 0 Å². The normalized spacial score (nSPS) is 13.1. The highest BCUT2D eigenvalue weighted by atomic mass is 32.2. The average molecular weight is 236 g/mol. The zero-order chi connectivity index (χ0) is 11.9. The molecule has 0 aliphatic rings. The number of hydrogen-bond donors (Lipinski definition) is 2. The molecule has 0 unspecified atom stereocenters. The average Bonchev–Trinajstić information content (AvgIpc) is 2.09. The second-order valence-corrected chi connectivity index (χ2v) is 6.80. The molecule has 4 nitrogen and oxygen atoms in total. The van der Waals surface area contributed by atoms with E-state index in [0.717, 1.165) is 6.54 Å². The van der Waals surface area contributed by atoms with Crippen LogP contribution in [0.5, 0.6) is 0 Å². The van der Waals surface area contributed by atoms with Gasteiger partial charge in [-0.2, -0.15) is 0 Å². The van der Waals surface area contributed by atoms with Crippen LogP contribution in [0.15, 0.2) is 0 Å². The van der Waals surface area contributed by atoms with Crippen LogP contribution in [-0.2, 0) is 10.0 Å². The molecule has 15 heavy (non-hydrogen) atoms. The fourth-order valence-electron chi connectivity index (χ4n) is 0.984. The minimum atomic E-state index is -3.09. The molecule has 2 N–H and O–H groups in total. The third-order valence-electron chi connectivity index (χ3n) is 1.99. The lowest BCUT2D eigenvalue weighted by Crippen LogP contribution is -2.34. The van der Waals surface area contributed by atoms with E-state index in [0.29, 0.717) is 19.5 Å². The molecule has 0 atom stereocenters.